The topological polar surface area (TPSA) is 38.3 Å². The molecule has 0 aliphatic rings. The molecule has 92 valence electrons. The number of aryl methyl sites for hydroxylation is 1. The molecule has 4 heteroatoms. The third-order valence-corrected chi connectivity index (χ3v) is 3.70. The smallest absolute Gasteiger partial charge is 0.117 e. The van der Waals surface area contributed by atoms with E-state index in [1.54, 1.807) is 12.5 Å². The molecule has 1 atom stereocenters. The molecule has 0 aliphatic carbocycles. The van der Waals surface area contributed by atoms with Gasteiger partial charge in [0.25, 0.3) is 0 Å². The molecule has 17 heavy (non-hydrogen) atoms. The second kappa shape index (κ2) is 5.98. The average Bonchev–Trinajstić information content (AvgIpc) is 2.92. The summed E-state index contributed by atoms with van der Waals surface area (Å²) >= 11 is 1.83. The van der Waals surface area contributed by atoms with Gasteiger partial charge in [0.2, 0.25) is 0 Å². The Balaban J connectivity index is 1.71. The molecule has 0 aliphatic heterocycles. The van der Waals surface area contributed by atoms with Crippen LogP contribution in [0.1, 0.15) is 18.4 Å². The largest absolute Gasteiger partial charge is 0.468 e. The van der Waals surface area contributed by atoms with Crippen molar-refractivity contribution in [3.8, 4) is 0 Å². The normalized spacial score (nSPS) is 12.8. The van der Waals surface area contributed by atoms with Gasteiger partial charge in [-0.1, -0.05) is 6.92 Å². The summed E-state index contributed by atoms with van der Waals surface area (Å²) in [5, 5.41) is 3.88. The highest BCUT2D eigenvalue weighted by atomic mass is 32.2. The maximum atomic E-state index is 5.27. The second-order valence-corrected chi connectivity index (χ2v) is 5.46. The van der Waals surface area contributed by atoms with Gasteiger partial charge in [0.05, 0.1) is 19.1 Å². The van der Waals surface area contributed by atoms with Crippen LogP contribution in [0.15, 0.2) is 44.5 Å². The van der Waals surface area contributed by atoms with Gasteiger partial charge in [-0.2, -0.15) is 0 Å². The van der Waals surface area contributed by atoms with E-state index in [-0.39, 0.29) is 0 Å². The van der Waals surface area contributed by atoms with Crippen molar-refractivity contribution in [3.63, 3.8) is 0 Å². The minimum atomic E-state index is 0.501. The maximum Gasteiger partial charge on any atom is 0.117 e. The van der Waals surface area contributed by atoms with Crippen LogP contribution in [0.25, 0.3) is 0 Å². The molecule has 0 spiro atoms. The van der Waals surface area contributed by atoms with E-state index in [9.17, 15) is 0 Å². The highest BCUT2D eigenvalue weighted by Gasteiger charge is 2.08. The van der Waals surface area contributed by atoms with E-state index in [1.807, 2.05) is 36.9 Å². The Morgan fingerprint density at radius 1 is 1.29 bits per heavy atom. The average molecular weight is 251 g/mol. The molecule has 2 rings (SSSR count). The number of hydrogen-bond acceptors (Lipinski definition) is 4. The van der Waals surface area contributed by atoms with Crippen LogP contribution in [0.5, 0.6) is 0 Å². The van der Waals surface area contributed by atoms with Crippen molar-refractivity contribution in [1.82, 2.24) is 5.32 Å². The summed E-state index contributed by atoms with van der Waals surface area (Å²) in [5.74, 6) is 1.97. The summed E-state index contributed by atoms with van der Waals surface area (Å²) in [6, 6.07) is 5.90. The maximum absolute atomic E-state index is 5.27. The Labute approximate surface area is 106 Å². The lowest BCUT2D eigenvalue weighted by atomic mass is 10.4. The Morgan fingerprint density at radius 2 is 2.18 bits per heavy atom. The minimum absolute atomic E-state index is 0.501. The molecule has 0 fully saturated rings. The van der Waals surface area contributed by atoms with Crippen LogP contribution in [-0.2, 0) is 6.54 Å². The zero-order chi connectivity index (χ0) is 12.1. The molecule has 0 amide bonds. The fourth-order valence-corrected chi connectivity index (χ4v) is 2.55. The van der Waals surface area contributed by atoms with Crippen LogP contribution < -0.4 is 5.32 Å². The monoisotopic (exact) mass is 251 g/mol. The van der Waals surface area contributed by atoms with Crippen molar-refractivity contribution in [2.45, 2.75) is 30.5 Å². The predicted octanol–water partition coefficient (Wildman–Crippen LogP) is 3.45. The molecular formula is C13H17NO2S. The van der Waals surface area contributed by atoms with Crippen LogP contribution in [0, 0.1) is 6.92 Å². The fraction of sp³-hybridized carbons (Fsp3) is 0.385. The van der Waals surface area contributed by atoms with Crippen LogP contribution in [0.2, 0.25) is 0 Å². The Kier molecular flexibility index (Phi) is 4.34. The third kappa shape index (κ3) is 3.68. The van der Waals surface area contributed by atoms with Crippen LogP contribution in [0.4, 0.5) is 0 Å². The third-order valence-electron chi connectivity index (χ3n) is 2.45. The first-order valence-electron chi connectivity index (χ1n) is 5.69. The van der Waals surface area contributed by atoms with Gasteiger partial charge in [-0.25, -0.2) is 0 Å². The minimum Gasteiger partial charge on any atom is -0.468 e. The SMILES string of the molecule is Cc1occc1SC(C)CNCc1ccco1. The van der Waals surface area contributed by atoms with Gasteiger partial charge in [0, 0.05) is 16.7 Å². The lowest BCUT2D eigenvalue weighted by molar-refractivity contribution is 0.484. The lowest BCUT2D eigenvalue weighted by Gasteiger charge is -2.10. The number of rotatable bonds is 6. The Morgan fingerprint density at radius 3 is 2.82 bits per heavy atom. The summed E-state index contributed by atoms with van der Waals surface area (Å²) in [4.78, 5) is 1.22. The number of furan rings is 2. The zero-order valence-electron chi connectivity index (χ0n) is 10.1. The first-order valence-corrected chi connectivity index (χ1v) is 6.57. The van der Waals surface area contributed by atoms with Crippen molar-refractivity contribution in [2.24, 2.45) is 0 Å². The molecule has 2 aromatic rings. The molecule has 0 saturated heterocycles. The molecule has 0 saturated carbocycles. The standard InChI is InChI=1S/C13H17NO2S/c1-10(17-13-5-7-15-11(13)2)8-14-9-12-4-3-6-16-12/h3-7,10,14H,8-9H2,1-2H3. The molecular weight excluding hydrogens is 234 g/mol. The van der Waals surface area contributed by atoms with Crippen LogP contribution in [0.3, 0.4) is 0 Å². The molecule has 1 unspecified atom stereocenters. The van der Waals surface area contributed by atoms with Gasteiger partial charge in [-0.3, -0.25) is 0 Å². The van der Waals surface area contributed by atoms with Crippen molar-refractivity contribution < 1.29 is 8.83 Å². The summed E-state index contributed by atoms with van der Waals surface area (Å²) in [6.07, 6.45) is 3.44. The molecule has 3 nitrogen and oxygen atoms in total. The highest BCUT2D eigenvalue weighted by molar-refractivity contribution is 8.00. The van der Waals surface area contributed by atoms with E-state index in [4.69, 9.17) is 8.83 Å². The second-order valence-electron chi connectivity index (χ2n) is 3.98. The van der Waals surface area contributed by atoms with Crippen LogP contribution in [-0.4, -0.2) is 11.8 Å². The van der Waals surface area contributed by atoms with Crippen molar-refractivity contribution in [2.75, 3.05) is 6.54 Å². The fourth-order valence-electron chi connectivity index (χ4n) is 1.57. The van der Waals surface area contributed by atoms with E-state index in [2.05, 4.69) is 12.2 Å². The van der Waals surface area contributed by atoms with Gasteiger partial charge < -0.3 is 14.2 Å². The van der Waals surface area contributed by atoms with Gasteiger partial charge in [-0.15, -0.1) is 11.8 Å². The van der Waals surface area contributed by atoms with E-state index in [1.165, 1.54) is 4.90 Å². The number of hydrogen-bond donors (Lipinski definition) is 1. The zero-order valence-corrected chi connectivity index (χ0v) is 10.9. The van der Waals surface area contributed by atoms with Gasteiger partial charge in [0.15, 0.2) is 0 Å². The Bertz CT molecular complexity index is 436. The summed E-state index contributed by atoms with van der Waals surface area (Å²) in [7, 11) is 0. The highest BCUT2D eigenvalue weighted by Crippen LogP contribution is 2.26. The first kappa shape index (κ1) is 12.3. The predicted molar refractivity (Wildman–Crippen MR) is 69.2 cm³/mol. The van der Waals surface area contributed by atoms with Crippen molar-refractivity contribution >= 4 is 11.8 Å². The van der Waals surface area contributed by atoms with Crippen molar-refractivity contribution in [3.05, 3.63) is 42.2 Å². The van der Waals surface area contributed by atoms with Gasteiger partial charge >= 0.3 is 0 Å². The van der Waals surface area contributed by atoms with E-state index in [0.717, 1.165) is 24.6 Å². The van der Waals surface area contributed by atoms with Crippen LogP contribution >= 0.6 is 11.8 Å². The van der Waals surface area contributed by atoms with E-state index in [0.29, 0.717) is 5.25 Å². The molecule has 2 aromatic heterocycles. The number of thioether (sulfide) groups is 1. The lowest BCUT2D eigenvalue weighted by Crippen LogP contribution is -2.21. The summed E-state index contributed by atoms with van der Waals surface area (Å²) in [6.45, 7) is 5.91. The summed E-state index contributed by atoms with van der Waals surface area (Å²) in [5.41, 5.74) is 0. The molecule has 1 N–H and O–H groups in total. The molecule has 0 radical (unpaired) electrons. The van der Waals surface area contributed by atoms with Crippen molar-refractivity contribution in [1.29, 1.82) is 0 Å². The molecule has 0 aromatic carbocycles. The molecule has 2 heterocycles. The molecule has 0 bridgehead atoms. The quantitative estimate of drug-likeness (QED) is 0.798. The van der Waals surface area contributed by atoms with E-state index >= 15 is 0 Å². The first-order chi connectivity index (χ1) is 8.25. The van der Waals surface area contributed by atoms with Gasteiger partial charge in [0.1, 0.15) is 11.5 Å². The van der Waals surface area contributed by atoms with E-state index < -0.39 is 0 Å². The van der Waals surface area contributed by atoms with Gasteiger partial charge in [-0.05, 0) is 25.1 Å². The summed E-state index contributed by atoms with van der Waals surface area (Å²) < 4.78 is 10.5. The Hall–Kier alpha value is -1.13. The number of nitrogens with one attached hydrogen (secondary N) is 1.